The van der Waals surface area contributed by atoms with Crippen LogP contribution in [-0.4, -0.2) is 4.98 Å². The summed E-state index contributed by atoms with van der Waals surface area (Å²) in [6, 6.07) is 10.3. The van der Waals surface area contributed by atoms with Crippen molar-refractivity contribution in [3.8, 4) is 0 Å². The van der Waals surface area contributed by atoms with Crippen molar-refractivity contribution in [1.29, 1.82) is 0 Å². The lowest BCUT2D eigenvalue weighted by atomic mass is 10.2. The Morgan fingerprint density at radius 3 is 2.65 bits per heavy atom. The third-order valence-corrected chi connectivity index (χ3v) is 2.31. The first-order valence-electron chi connectivity index (χ1n) is 5.33. The summed E-state index contributed by atoms with van der Waals surface area (Å²) in [6.45, 7) is 0.773. The van der Waals surface area contributed by atoms with Crippen molar-refractivity contribution in [3.63, 3.8) is 0 Å². The molecule has 3 nitrogen and oxygen atoms in total. The highest BCUT2D eigenvalue weighted by Gasteiger charge is 2.00. The number of hydrogen-bond donors (Lipinski definition) is 1. The van der Waals surface area contributed by atoms with Gasteiger partial charge in [-0.15, -0.1) is 0 Å². The first-order chi connectivity index (χ1) is 8.36. The molecule has 1 aromatic carbocycles. The standard InChI is InChI=1S/C13H13FN2O/c14-13-4-2-1-3-12(13)10-17-16-9-11-5-7-15-8-6-11/h1-8,16H,9-10H2. The number of hydrogen-bond acceptors (Lipinski definition) is 3. The smallest absolute Gasteiger partial charge is 0.128 e. The van der Waals surface area contributed by atoms with Gasteiger partial charge in [0.25, 0.3) is 0 Å². The highest BCUT2D eigenvalue weighted by molar-refractivity contribution is 5.16. The van der Waals surface area contributed by atoms with E-state index < -0.39 is 0 Å². The van der Waals surface area contributed by atoms with E-state index in [4.69, 9.17) is 4.84 Å². The molecule has 0 radical (unpaired) electrons. The highest BCUT2D eigenvalue weighted by Crippen LogP contribution is 2.06. The molecule has 2 rings (SSSR count). The Labute approximate surface area is 99.2 Å². The second-order valence-electron chi connectivity index (χ2n) is 3.56. The molecule has 0 saturated heterocycles. The average Bonchev–Trinajstić information content (AvgIpc) is 2.38. The molecule has 4 heteroatoms. The fraction of sp³-hybridized carbons (Fsp3) is 0.154. The van der Waals surface area contributed by atoms with Gasteiger partial charge in [0, 0.05) is 24.5 Å². The average molecular weight is 232 g/mol. The summed E-state index contributed by atoms with van der Waals surface area (Å²) >= 11 is 0. The van der Waals surface area contributed by atoms with Crippen molar-refractivity contribution >= 4 is 0 Å². The maximum atomic E-state index is 13.2. The second kappa shape index (κ2) is 6.08. The Kier molecular flexibility index (Phi) is 4.18. The van der Waals surface area contributed by atoms with E-state index >= 15 is 0 Å². The van der Waals surface area contributed by atoms with Gasteiger partial charge in [-0.05, 0) is 23.8 Å². The van der Waals surface area contributed by atoms with Gasteiger partial charge in [0.2, 0.25) is 0 Å². The van der Waals surface area contributed by atoms with Crippen molar-refractivity contribution < 1.29 is 9.23 Å². The topological polar surface area (TPSA) is 34.1 Å². The van der Waals surface area contributed by atoms with Crippen LogP contribution >= 0.6 is 0 Å². The Morgan fingerprint density at radius 1 is 1.12 bits per heavy atom. The molecule has 0 aliphatic heterocycles. The summed E-state index contributed by atoms with van der Waals surface area (Å²) in [7, 11) is 0. The molecule has 1 aromatic heterocycles. The van der Waals surface area contributed by atoms with Crippen molar-refractivity contribution in [2.24, 2.45) is 0 Å². The summed E-state index contributed by atoms with van der Waals surface area (Å²) in [5.41, 5.74) is 4.38. The minimum absolute atomic E-state index is 0.206. The largest absolute Gasteiger partial charge is 0.297 e. The van der Waals surface area contributed by atoms with E-state index in [-0.39, 0.29) is 12.4 Å². The van der Waals surface area contributed by atoms with Crippen LogP contribution in [0.3, 0.4) is 0 Å². The van der Waals surface area contributed by atoms with Gasteiger partial charge in [0.15, 0.2) is 0 Å². The van der Waals surface area contributed by atoms with E-state index in [1.165, 1.54) is 6.07 Å². The molecule has 88 valence electrons. The zero-order valence-corrected chi connectivity index (χ0v) is 9.27. The van der Waals surface area contributed by atoms with Crippen LogP contribution in [0.5, 0.6) is 0 Å². The Bertz CT molecular complexity index is 462. The van der Waals surface area contributed by atoms with E-state index in [1.54, 1.807) is 30.6 Å². The van der Waals surface area contributed by atoms with Crippen LogP contribution in [0.15, 0.2) is 48.8 Å². The summed E-state index contributed by atoms with van der Waals surface area (Å²) in [4.78, 5) is 9.11. The molecule has 17 heavy (non-hydrogen) atoms. The first-order valence-corrected chi connectivity index (χ1v) is 5.33. The van der Waals surface area contributed by atoms with Crippen LogP contribution in [0.2, 0.25) is 0 Å². The number of halogens is 1. The summed E-state index contributed by atoms with van der Waals surface area (Å²) in [5.74, 6) is -0.252. The second-order valence-corrected chi connectivity index (χ2v) is 3.56. The quantitative estimate of drug-likeness (QED) is 0.635. The molecule has 0 fully saturated rings. The molecule has 1 N–H and O–H groups in total. The molecule has 0 saturated carbocycles. The maximum Gasteiger partial charge on any atom is 0.128 e. The van der Waals surface area contributed by atoms with E-state index in [0.29, 0.717) is 12.1 Å². The zero-order chi connectivity index (χ0) is 11.9. The van der Waals surface area contributed by atoms with Gasteiger partial charge in [-0.2, -0.15) is 5.48 Å². The van der Waals surface area contributed by atoms with Crippen molar-refractivity contribution in [1.82, 2.24) is 10.5 Å². The Balaban J connectivity index is 1.76. The number of rotatable bonds is 5. The molecule has 0 aliphatic rings. The minimum Gasteiger partial charge on any atom is -0.297 e. The van der Waals surface area contributed by atoms with Crippen molar-refractivity contribution in [3.05, 3.63) is 65.7 Å². The van der Waals surface area contributed by atoms with Gasteiger partial charge >= 0.3 is 0 Å². The van der Waals surface area contributed by atoms with E-state index in [0.717, 1.165) is 5.56 Å². The first kappa shape index (κ1) is 11.7. The fourth-order valence-electron chi connectivity index (χ4n) is 1.38. The highest BCUT2D eigenvalue weighted by atomic mass is 19.1. The predicted molar refractivity (Wildman–Crippen MR) is 62.3 cm³/mol. The summed E-state index contributed by atoms with van der Waals surface area (Å²) < 4.78 is 13.2. The number of nitrogens with one attached hydrogen (secondary N) is 1. The molecule has 0 spiro atoms. The SMILES string of the molecule is Fc1ccccc1CONCc1ccncc1. The Morgan fingerprint density at radius 2 is 1.88 bits per heavy atom. The lowest BCUT2D eigenvalue weighted by Gasteiger charge is -2.06. The number of aromatic nitrogens is 1. The number of benzene rings is 1. The third-order valence-electron chi connectivity index (χ3n) is 2.31. The van der Waals surface area contributed by atoms with Crippen LogP contribution < -0.4 is 5.48 Å². The molecule has 1 heterocycles. The monoisotopic (exact) mass is 232 g/mol. The van der Waals surface area contributed by atoms with Crippen LogP contribution in [0, 0.1) is 5.82 Å². The van der Waals surface area contributed by atoms with Crippen LogP contribution in [0.4, 0.5) is 4.39 Å². The van der Waals surface area contributed by atoms with E-state index in [9.17, 15) is 4.39 Å². The molecule has 0 unspecified atom stereocenters. The van der Waals surface area contributed by atoms with E-state index in [2.05, 4.69) is 10.5 Å². The molecule has 0 atom stereocenters. The van der Waals surface area contributed by atoms with Crippen LogP contribution in [0.25, 0.3) is 0 Å². The predicted octanol–water partition coefficient (Wildman–Crippen LogP) is 2.44. The van der Waals surface area contributed by atoms with Gasteiger partial charge in [-0.3, -0.25) is 9.82 Å². The maximum absolute atomic E-state index is 13.2. The van der Waals surface area contributed by atoms with Gasteiger partial charge in [-0.1, -0.05) is 18.2 Å². The summed E-state index contributed by atoms with van der Waals surface area (Å²) in [6.07, 6.45) is 3.43. The van der Waals surface area contributed by atoms with Crippen molar-refractivity contribution in [2.75, 3.05) is 0 Å². The van der Waals surface area contributed by atoms with Crippen molar-refractivity contribution in [2.45, 2.75) is 13.2 Å². The normalized spacial score (nSPS) is 10.4. The molecular weight excluding hydrogens is 219 g/mol. The fourth-order valence-corrected chi connectivity index (χ4v) is 1.38. The van der Waals surface area contributed by atoms with Crippen LogP contribution in [0.1, 0.15) is 11.1 Å². The molecule has 0 bridgehead atoms. The third kappa shape index (κ3) is 3.62. The zero-order valence-electron chi connectivity index (χ0n) is 9.27. The lowest BCUT2D eigenvalue weighted by molar-refractivity contribution is 0.0220. The van der Waals surface area contributed by atoms with Gasteiger partial charge < -0.3 is 0 Å². The van der Waals surface area contributed by atoms with Crippen LogP contribution in [-0.2, 0) is 18.0 Å². The van der Waals surface area contributed by atoms with Gasteiger partial charge in [0.1, 0.15) is 5.82 Å². The molecular formula is C13H13FN2O. The molecule has 0 aliphatic carbocycles. The minimum atomic E-state index is -0.252. The van der Waals surface area contributed by atoms with Gasteiger partial charge in [0.05, 0.1) is 6.61 Å². The van der Waals surface area contributed by atoms with E-state index in [1.807, 2.05) is 12.1 Å². The number of hydroxylamine groups is 1. The van der Waals surface area contributed by atoms with Gasteiger partial charge in [-0.25, -0.2) is 4.39 Å². The summed E-state index contributed by atoms with van der Waals surface area (Å²) in [5, 5.41) is 0. The Hall–Kier alpha value is -1.78. The molecule has 0 amide bonds. The number of pyridine rings is 1. The number of nitrogens with zero attached hydrogens (tertiary/aromatic N) is 1. The lowest BCUT2D eigenvalue weighted by Crippen LogP contribution is -2.14. The molecule has 2 aromatic rings.